The van der Waals surface area contributed by atoms with Crippen molar-refractivity contribution < 1.29 is 63.9 Å². The van der Waals surface area contributed by atoms with Crippen molar-refractivity contribution in [3.8, 4) is 0 Å². The third kappa shape index (κ3) is 9.22. The summed E-state index contributed by atoms with van der Waals surface area (Å²) in [6.07, 6.45) is -17.1. The predicted molar refractivity (Wildman–Crippen MR) is 168 cm³/mol. The summed E-state index contributed by atoms with van der Waals surface area (Å²) in [5, 5.41) is 67.0. The molecule has 0 aromatic rings. The molecule has 19 atom stereocenters. The molecular formula is C29H57N7O13. The number of amides is 1. The number of carbonyl (C=O) groups is 1. The van der Waals surface area contributed by atoms with Gasteiger partial charge in [0.1, 0.15) is 67.1 Å². The fraction of sp³-hybridized carbons (Fsp3) is 0.966. The monoisotopic (exact) mass is 711 g/mol. The van der Waals surface area contributed by atoms with Gasteiger partial charge in [0, 0.05) is 38.1 Å². The van der Waals surface area contributed by atoms with E-state index in [1.165, 1.54) is 0 Å². The highest BCUT2D eigenvalue weighted by Crippen LogP contribution is 2.34. The van der Waals surface area contributed by atoms with Crippen LogP contribution in [-0.2, 0) is 33.2 Å². The fourth-order valence-corrected chi connectivity index (χ4v) is 6.60. The number of ether oxygens (including phenoxy) is 6. The first kappa shape index (κ1) is 40.5. The van der Waals surface area contributed by atoms with Crippen LogP contribution in [0, 0.1) is 0 Å². The molecule has 1 aliphatic carbocycles. The van der Waals surface area contributed by atoms with Crippen LogP contribution in [0.4, 0.5) is 0 Å². The third-order valence-corrected chi connectivity index (χ3v) is 9.70. The molecule has 3 saturated heterocycles. The van der Waals surface area contributed by atoms with E-state index in [1.807, 2.05) is 6.92 Å². The van der Waals surface area contributed by atoms with E-state index in [9.17, 15) is 35.4 Å². The number of aliphatic hydroxyl groups excluding tert-OH is 6. The average molecular weight is 712 g/mol. The topological polar surface area (TPSA) is 362 Å². The number of aliphatic hydroxyl groups is 6. The van der Waals surface area contributed by atoms with Crippen molar-refractivity contribution in [3.63, 3.8) is 0 Å². The van der Waals surface area contributed by atoms with Gasteiger partial charge in [0.15, 0.2) is 18.9 Å². The molecule has 0 spiro atoms. The van der Waals surface area contributed by atoms with Crippen molar-refractivity contribution in [1.29, 1.82) is 0 Å². The average Bonchev–Trinajstić information content (AvgIpc) is 3.37. The standard InChI is InChI=1S/C29H57N7O13/c1-2-3-4-5-15(37)36-9-14-25(48-28-17(35)22(42)20(40)13(8-31)45-28)23(43)29(46-14)49-26-18(38)10(32)6-11(33)24(26)47-27-16(34)21(41)19(39)12(7-30)44-27/h10-14,16-29,38-43H,2-9,30-35H2,1H3,(H,36,37)/t10-,11+,12-,13+,14-,16-,17-,18+,19-,20-,21-,22-,23-,24-,25-,26-,27-,28-,29+/m1/s1. The minimum Gasteiger partial charge on any atom is -0.389 e. The van der Waals surface area contributed by atoms with Gasteiger partial charge in [-0.1, -0.05) is 19.8 Å². The first-order valence-corrected chi connectivity index (χ1v) is 16.9. The van der Waals surface area contributed by atoms with Crippen LogP contribution < -0.4 is 39.7 Å². The van der Waals surface area contributed by atoms with Crippen LogP contribution in [0.1, 0.15) is 39.0 Å². The van der Waals surface area contributed by atoms with Crippen LogP contribution in [0.15, 0.2) is 0 Å². The molecule has 49 heavy (non-hydrogen) atoms. The van der Waals surface area contributed by atoms with Crippen molar-refractivity contribution >= 4 is 5.91 Å². The van der Waals surface area contributed by atoms with E-state index in [2.05, 4.69) is 5.32 Å². The smallest absolute Gasteiger partial charge is 0.220 e. The zero-order chi connectivity index (χ0) is 36.2. The number of hydrogen-bond donors (Lipinski definition) is 13. The molecule has 3 heterocycles. The first-order chi connectivity index (χ1) is 23.2. The van der Waals surface area contributed by atoms with E-state index in [1.54, 1.807) is 0 Å². The summed E-state index contributed by atoms with van der Waals surface area (Å²) < 4.78 is 35.7. The summed E-state index contributed by atoms with van der Waals surface area (Å²) in [6, 6.07) is -4.24. The van der Waals surface area contributed by atoms with Gasteiger partial charge in [0.25, 0.3) is 0 Å². The molecule has 286 valence electrons. The quantitative estimate of drug-likeness (QED) is 0.0744. The highest BCUT2D eigenvalue weighted by molar-refractivity contribution is 5.75. The molecule has 19 N–H and O–H groups in total. The third-order valence-electron chi connectivity index (χ3n) is 9.70. The lowest BCUT2D eigenvalue weighted by molar-refractivity contribution is -0.306. The van der Waals surface area contributed by atoms with Crippen molar-refractivity contribution in [3.05, 3.63) is 0 Å². The Morgan fingerprint density at radius 3 is 1.69 bits per heavy atom. The van der Waals surface area contributed by atoms with Crippen LogP contribution in [0.5, 0.6) is 0 Å². The van der Waals surface area contributed by atoms with E-state index in [4.69, 9.17) is 62.8 Å². The minimum atomic E-state index is -1.60. The molecule has 0 radical (unpaired) electrons. The molecule has 0 aromatic carbocycles. The van der Waals surface area contributed by atoms with E-state index >= 15 is 0 Å². The van der Waals surface area contributed by atoms with Crippen LogP contribution in [-0.4, -0.2) is 172 Å². The molecule has 3 aliphatic heterocycles. The van der Waals surface area contributed by atoms with Crippen molar-refractivity contribution in [2.24, 2.45) is 34.4 Å². The van der Waals surface area contributed by atoms with E-state index in [-0.39, 0.29) is 38.4 Å². The second-order valence-corrected chi connectivity index (χ2v) is 13.3. The van der Waals surface area contributed by atoms with Crippen LogP contribution in [0.3, 0.4) is 0 Å². The molecular weight excluding hydrogens is 654 g/mol. The lowest BCUT2D eigenvalue weighted by Gasteiger charge is -2.47. The van der Waals surface area contributed by atoms with Gasteiger partial charge in [0.2, 0.25) is 5.91 Å². The number of rotatable bonds is 14. The highest BCUT2D eigenvalue weighted by atomic mass is 16.8. The normalized spacial score (nSPS) is 47.7. The molecule has 0 unspecified atom stereocenters. The van der Waals surface area contributed by atoms with Gasteiger partial charge in [-0.3, -0.25) is 4.79 Å². The van der Waals surface area contributed by atoms with Gasteiger partial charge in [-0.25, -0.2) is 0 Å². The lowest BCUT2D eigenvalue weighted by Crippen LogP contribution is -2.68. The number of nitrogens with two attached hydrogens (primary N) is 6. The summed E-state index contributed by atoms with van der Waals surface area (Å²) in [5.41, 5.74) is 36.2. The van der Waals surface area contributed by atoms with E-state index < -0.39 is 116 Å². The summed E-state index contributed by atoms with van der Waals surface area (Å²) in [7, 11) is 0. The zero-order valence-corrected chi connectivity index (χ0v) is 27.6. The summed E-state index contributed by atoms with van der Waals surface area (Å²) >= 11 is 0. The summed E-state index contributed by atoms with van der Waals surface area (Å²) in [6.45, 7) is 1.54. The Labute approximate surface area is 284 Å². The Morgan fingerprint density at radius 1 is 0.653 bits per heavy atom. The second kappa shape index (κ2) is 18.0. The number of nitrogens with one attached hydrogen (secondary N) is 1. The SMILES string of the molecule is CCCCCC(=O)NC[C@H]1O[C@@H](O[C@@H]2[C@@H](O)[C@H](N)C[C@H](N)[C@H]2O[C@H]2O[C@H](CN)[C@@H](O)[C@H](O)[C@H]2N)[C@H](O)[C@@H]1O[C@H]1O[C@@H](CN)[C@@H](O)[C@H](O)[C@H]1N. The Kier molecular flexibility index (Phi) is 14.9. The maximum absolute atomic E-state index is 12.6. The van der Waals surface area contributed by atoms with Gasteiger partial charge in [-0.05, 0) is 12.8 Å². The molecule has 4 fully saturated rings. The summed E-state index contributed by atoms with van der Waals surface area (Å²) in [4.78, 5) is 12.6. The zero-order valence-electron chi connectivity index (χ0n) is 27.6. The van der Waals surface area contributed by atoms with E-state index in [0.29, 0.717) is 6.42 Å². The maximum Gasteiger partial charge on any atom is 0.220 e. The largest absolute Gasteiger partial charge is 0.389 e. The molecule has 1 saturated carbocycles. The molecule has 0 bridgehead atoms. The first-order valence-electron chi connectivity index (χ1n) is 16.9. The summed E-state index contributed by atoms with van der Waals surface area (Å²) in [5.74, 6) is -0.262. The van der Waals surface area contributed by atoms with Crippen molar-refractivity contribution in [2.75, 3.05) is 19.6 Å². The Morgan fingerprint density at radius 2 is 1.16 bits per heavy atom. The number of hydrogen-bond acceptors (Lipinski definition) is 19. The lowest BCUT2D eigenvalue weighted by atomic mass is 9.84. The highest BCUT2D eigenvalue weighted by Gasteiger charge is 2.54. The second-order valence-electron chi connectivity index (χ2n) is 13.3. The van der Waals surface area contributed by atoms with Crippen molar-refractivity contribution in [2.45, 2.75) is 155 Å². The molecule has 1 amide bonds. The molecule has 0 aromatic heterocycles. The van der Waals surface area contributed by atoms with Crippen LogP contribution >= 0.6 is 0 Å². The van der Waals surface area contributed by atoms with Gasteiger partial charge in [-0.2, -0.15) is 0 Å². The predicted octanol–water partition coefficient (Wildman–Crippen LogP) is -7.19. The van der Waals surface area contributed by atoms with Gasteiger partial charge >= 0.3 is 0 Å². The number of unbranched alkanes of at least 4 members (excludes halogenated alkanes) is 2. The van der Waals surface area contributed by atoms with E-state index in [0.717, 1.165) is 12.8 Å². The van der Waals surface area contributed by atoms with Gasteiger partial charge in [-0.15, -0.1) is 0 Å². The molecule has 4 rings (SSSR count). The Bertz CT molecular complexity index is 1040. The Balaban J connectivity index is 1.54. The minimum absolute atomic E-state index is 0.0824. The molecule has 20 nitrogen and oxygen atoms in total. The Hall–Kier alpha value is -1.25. The van der Waals surface area contributed by atoms with Crippen LogP contribution in [0.2, 0.25) is 0 Å². The molecule has 20 heteroatoms. The fourth-order valence-electron chi connectivity index (χ4n) is 6.60. The molecule has 4 aliphatic rings. The van der Waals surface area contributed by atoms with Crippen molar-refractivity contribution in [1.82, 2.24) is 5.32 Å². The number of carbonyl (C=O) groups excluding carboxylic acids is 1. The van der Waals surface area contributed by atoms with Gasteiger partial charge < -0.3 is 98.8 Å². The maximum atomic E-state index is 12.6. The van der Waals surface area contributed by atoms with Crippen LogP contribution in [0.25, 0.3) is 0 Å². The van der Waals surface area contributed by atoms with Gasteiger partial charge in [0.05, 0.1) is 18.2 Å².